The van der Waals surface area contributed by atoms with Gasteiger partial charge in [-0.05, 0) is 41.3 Å². The summed E-state index contributed by atoms with van der Waals surface area (Å²) in [5.74, 6) is 1.94. The Kier molecular flexibility index (Phi) is 3.97. The van der Waals surface area contributed by atoms with E-state index in [0.29, 0.717) is 4.83 Å². The number of hydrogen-bond acceptors (Lipinski definition) is 2. The van der Waals surface area contributed by atoms with E-state index < -0.39 is 0 Å². The van der Waals surface area contributed by atoms with Crippen molar-refractivity contribution in [1.29, 1.82) is 0 Å². The van der Waals surface area contributed by atoms with Crippen molar-refractivity contribution in [3.8, 4) is 11.5 Å². The lowest BCUT2D eigenvalue weighted by Crippen LogP contribution is -1.96. The van der Waals surface area contributed by atoms with Crippen LogP contribution in [0.3, 0.4) is 0 Å². The minimum Gasteiger partial charge on any atom is -0.497 e. The summed E-state index contributed by atoms with van der Waals surface area (Å²) >= 11 is 3.79. The number of ether oxygens (including phenoxy) is 2. The van der Waals surface area contributed by atoms with Gasteiger partial charge in [-0.25, -0.2) is 0 Å². The van der Waals surface area contributed by atoms with E-state index in [1.54, 1.807) is 7.11 Å². The zero-order valence-corrected chi connectivity index (χ0v) is 13.0. The van der Waals surface area contributed by atoms with E-state index in [2.05, 4.69) is 46.3 Å². The molecule has 0 saturated heterocycles. The maximum absolute atomic E-state index is 5.55. The predicted octanol–water partition coefficient (Wildman–Crippen LogP) is 4.31. The molecule has 0 bridgehead atoms. The van der Waals surface area contributed by atoms with Crippen molar-refractivity contribution in [1.82, 2.24) is 0 Å². The second-order valence-corrected chi connectivity index (χ2v) is 6.09. The Morgan fingerprint density at radius 2 is 2.00 bits per heavy atom. The maximum Gasteiger partial charge on any atom is 0.122 e. The number of benzene rings is 2. The minimum atomic E-state index is 0.321. The second-order valence-electron chi connectivity index (χ2n) is 4.99. The fourth-order valence-corrected chi connectivity index (χ4v) is 3.15. The summed E-state index contributed by atoms with van der Waals surface area (Å²) in [4.78, 5) is 0.321. The molecule has 2 nitrogen and oxygen atoms in total. The molecule has 3 heteroatoms. The van der Waals surface area contributed by atoms with Crippen molar-refractivity contribution in [2.75, 3.05) is 13.7 Å². The molecule has 1 aliphatic heterocycles. The van der Waals surface area contributed by atoms with E-state index in [1.807, 2.05) is 12.1 Å². The first-order valence-corrected chi connectivity index (χ1v) is 7.70. The molecule has 2 aromatic carbocycles. The van der Waals surface area contributed by atoms with Crippen LogP contribution in [0.25, 0.3) is 0 Å². The Morgan fingerprint density at radius 1 is 1.20 bits per heavy atom. The van der Waals surface area contributed by atoms with Gasteiger partial charge in [0.1, 0.15) is 11.5 Å². The third kappa shape index (κ3) is 2.83. The fraction of sp³-hybridized carbons (Fsp3) is 0.294. The monoisotopic (exact) mass is 332 g/mol. The first-order valence-electron chi connectivity index (χ1n) is 6.79. The molecule has 1 aliphatic rings. The molecule has 0 aliphatic carbocycles. The number of halogens is 1. The zero-order valence-electron chi connectivity index (χ0n) is 11.4. The maximum atomic E-state index is 5.55. The second kappa shape index (κ2) is 5.88. The summed E-state index contributed by atoms with van der Waals surface area (Å²) in [6.45, 7) is 0.810. The Labute approximate surface area is 127 Å². The Bertz CT molecular complexity index is 592. The van der Waals surface area contributed by atoms with Gasteiger partial charge < -0.3 is 9.47 Å². The van der Waals surface area contributed by atoms with Gasteiger partial charge in [0.05, 0.1) is 13.7 Å². The number of fused-ring (bicyclic) bond motifs is 1. The Balaban J connectivity index is 1.73. The van der Waals surface area contributed by atoms with Crippen molar-refractivity contribution in [3.63, 3.8) is 0 Å². The van der Waals surface area contributed by atoms with Crippen LogP contribution in [0.5, 0.6) is 11.5 Å². The largest absolute Gasteiger partial charge is 0.497 e. The van der Waals surface area contributed by atoms with Crippen LogP contribution in [0.1, 0.15) is 21.5 Å². The summed E-state index contributed by atoms with van der Waals surface area (Å²) in [6.07, 6.45) is 1.98. The Morgan fingerprint density at radius 3 is 2.75 bits per heavy atom. The van der Waals surface area contributed by atoms with Crippen molar-refractivity contribution >= 4 is 15.9 Å². The van der Waals surface area contributed by atoms with Crippen LogP contribution in [-0.2, 0) is 12.8 Å². The highest BCUT2D eigenvalue weighted by molar-refractivity contribution is 9.09. The van der Waals surface area contributed by atoms with Gasteiger partial charge in [0.15, 0.2) is 0 Å². The predicted molar refractivity (Wildman–Crippen MR) is 84.0 cm³/mol. The zero-order chi connectivity index (χ0) is 13.9. The number of alkyl halides is 1. The van der Waals surface area contributed by atoms with Gasteiger partial charge in [-0.1, -0.05) is 40.2 Å². The van der Waals surface area contributed by atoms with E-state index in [-0.39, 0.29) is 0 Å². The SMILES string of the molecule is COc1ccc(CC(Br)c2ccc3c(c2)CCO3)cc1. The normalized spacial score (nSPS) is 14.5. The third-order valence-electron chi connectivity index (χ3n) is 3.65. The first-order chi connectivity index (χ1) is 9.76. The molecule has 104 valence electrons. The van der Waals surface area contributed by atoms with E-state index in [9.17, 15) is 0 Å². The topological polar surface area (TPSA) is 18.5 Å². The molecule has 0 saturated carbocycles. The molecule has 0 fully saturated rings. The van der Waals surface area contributed by atoms with Gasteiger partial charge in [0, 0.05) is 11.2 Å². The lowest BCUT2D eigenvalue weighted by Gasteiger charge is -2.12. The summed E-state index contributed by atoms with van der Waals surface area (Å²) in [7, 11) is 1.69. The summed E-state index contributed by atoms with van der Waals surface area (Å²) in [6, 6.07) is 14.7. The quantitative estimate of drug-likeness (QED) is 0.777. The Hall–Kier alpha value is -1.48. The van der Waals surface area contributed by atoms with Gasteiger partial charge >= 0.3 is 0 Å². The number of methoxy groups -OCH3 is 1. The minimum absolute atomic E-state index is 0.321. The van der Waals surface area contributed by atoms with Gasteiger partial charge in [0.25, 0.3) is 0 Å². The molecule has 0 aromatic heterocycles. The van der Waals surface area contributed by atoms with Gasteiger partial charge in [-0.15, -0.1) is 0 Å². The molecule has 0 N–H and O–H groups in total. The highest BCUT2D eigenvalue weighted by Gasteiger charge is 2.15. The van der Waals surface area contributed by atoms with Gasteiger partial charge in [0.2, 0.25) is 0 Å². The number of rotatable bonds is 4. The van der Waals surface area contributed by atoms with Crippen LogP contribution >= 0.6 is 15.9 Å². The average Bonchev–Trinajstić information content (AvgIpc) is 2.95. The van der Waals surface area contributed by atoms with Crippen LogP contribution < -0.4 is 9.47 Å². The van der Waals surface area contributed by atoms with Gasteiger partial charge in [-0.2, -0.15) is 0 Å². The lowest BCUT2D eigenvalue weighted by atomic mass is 10.0. The average molecular weight is 333 g/mol. The van der Waals surface area contributed by atoms with Crippen molar-refractivity contribution < 1.29 is 9.47 Å². The molecule has 1 atom stereocenters. The van der Waals surface area contributed by atoms with Crippen LogP contribution in [0, 0.1) is 0 Å². The smallest absolute Gasteiger partial charge is 0.122 e. The summed E-state index contributed by atoms with van der Waals surface area (Å²) in [5, 5.41) is 0. The lowest BCUT2D eigenvalue weighted by molar-refractivity contribution is 0.357. The van der Waals surface area contributed by atoms with E-state index in [0.717, 1.165) is 30.9 Å². The van der Waals surface area contributed by atoms with Crippen LogP contribution in [0.4, 0.5) is 0 Å². The summed E-state index contributed by atoms with van der Waals surface area (Å²) in [5.41, 5.74) is 3.93. The first kappa shape index (κ1) is 13.5. The molecule has 0 amide bonds. The highest BCUT2D eigenvalue weighted by atomic mass is 79.9. The van der Waals surface area contributed by atoms with Gasteiger partial charge in [-0.3, -0.25) is 0 Å². The third-order valence-corrected chi connectivity index (χ3v) is 4.50. The summed E-state index contributed by atoms with van der Waals surface area (Å²) < 4.78 is 10.7. The van der Waals surface area contributed by atoms with Crippen LogP contribution in [-0.4, -0.2) is 13.7 Å². The van der Waals surface area contributed by atoms with E-state index in [4.69, 9.17) is 9.47 Å². The van der Waals surface area contributed by atoms with Crippen LogP contribution in [0.15, 0.2) is 42.5 Å². The molecule has 2 aromatic rings. The molecule has 1 heterocycles. The number of hydrogen-bond donors (Lipinski definition) is 0. The van der Waals surface area contributed by atoms with E-state index in [1.165, 1.54) is 16.7 Å². The molecule has 1 unspecified atom stereocenters. The fourth-order valence-electron chi connectivity index (χ4n) is 2.49. The van der Waals surface area contributed by atoms with Crippen molar-refractivity contribution in [2.45, 2.75) is 17.7 Å². The molecule has 3 rings (SSSR count). The molecule has 0 spiro atoms. The van der Waals surface area contributed by atoms with Crippen molar-refractivity contribution in [2.24, 2.45) is 0 Å². The van der Waals surface area contributed by atoms with Crippen LogP contribution in [0.2, 0.25) is 0 Å². The molecule has 0 radical (unpaired) electrons. The highest BCUT2D eigenvalue weighted by Crippen LogP contribution is 2.33. The molecule has 20 heavy (non-hydrogen) atoms. The molecular weight excluding hydrogens is 316 g/mol. The van der Waals surface area contributed by atoms with Crippen molar-refractivity contribution in [3.05, 3.63) is 59.2 Å². The van der Waals surface area contributed by atoms with E-state index >= 15 is 0 Å². The standard InChI is InChI=1S/C17H17BrO2/c1-19-15-5-2-12(3-6-15)10-16(18)13-4-7-17-14(11-13)8-9-20-17/h2-7,11,16H,8-10H2,1H3. The molecular formula is C17H17BrO2.